The minimum absolute atomic E-state index is 0.242. The summed E-state index contributed by atoms with van der Waals surface area (Å²) in [4.78, 5) is 16.7. The maximum Gasteiger partial charge on any atom is 0.407 e. The molecule has 0 saturated heterocycles. The lowest BCUT2D eigenvalue weighted by Gasteiger charge is -2.13. The van der Waals surface area contributed by atoms with E-state index in [1.54, 1.807) is 0 Å². The van der Waals surface area contributed by atoms with Crippen molar-refractivity contribution in [1.29, 1.82) is 0 Å². The Morgan fingerprint density at radius 1 is 0.743 bits per heavy atom. The fourth-order valence-electron chi connectivity index (χ4n) is 4.02. The minimum atomic E-state index is -0.448. The molecule has 2 N–H and O–H groups in total. The van der Waals surface area contributed by atoms with Crippen molar-refractivity contribution in [1.82, 2.24) is 10.3 Å². The molecule has 0 aliphatic heterocycles. The van der Waals surface area contributed by atoms with Gasteiger partial charge in [0.2, 0.25) is 0 Å². The second-order valence-corrected chi connectivity index (χ2v) is 8.17. The fraction of sp³-hybridized carbons (Fsp3) is 0.0667. The van der Waals surface area contributed by atoms with Gasteiger partial charge in [-0.05, 0) is 45.8 Å². The van der Waals surface area contributed by atoms with Gasteiger partial charge in [0.1, 0.15) is 12.4 Å². The van der Waals surface area contributed by atoms with E-state index >= 15 is 0 Å². The standard InChI is InChI=1S/C30H25N3O2/c34-30(35-21-22-9-3-1-4-10-22)32-20-23-11-7-14-25(19-23)33-29-28-16-8-15-26(27(28)17-18-31-29)24-12-5-2-6-13-24/h1-19H,20-21H2,(H,31,33)(H,32,34). The summed E-state index contributed by atoms with van der Waals surface area (Å²) in [5.41, 5.74) is 5.14. The van der Waals surface area contributed by atoms with Crippen molar-refractivity contribution in [2.45, 2.75) is 13.2 Å². The second-order valence-electron chi connectivity index (χ2n) is 8.17. The quantitative estimate of drug-likeness (QED) is 0.273. The molecule has 4 aromatic carbocycles. The maximum absolute atomic E-state index is 12.1. The van der Waals surface area contributed by atoms with Gasteiger partial charge in [0.25, 0.3) is 0 Å². The van der Waals surface area contributed by atoms with Gasteiger partial charge < -0.3 is 15.4 Å². The summed E-state index contributed by atoms with van der Waals surface area (Å²) in [6.45, 7) is 0.607. The van der Waals surface area contributed by atoms with Crippen molar-refractivity contribution >= 4 is 28.4 Å². The summed E-state index contributed by atoms with van der Waals surface area (Å²) in [5.74, 6) is 0.785. The number of amides is 1. The van der Waals surface area contributed by atoms with Crippen LogP contribution >= 0.6 is 0 Å². The number of hydrogen-bond acceptors (Lipinski definition) is 4. The number of fused-ring (bicyclic) bond motifs is 1. The van der Waals surface area contributed by atoms with Crippen LogP contribution in [0.15, 0.2) is 115 Å². The number of alkyl carbamates (subject to hydrolysis) is 1. The summed E-state index contributed by atoms with van der Waals surface area (Å²) in [6, 6.07) is 36.2. The Bertz CT molecular complexity index is 1440. The molecule has 1 amide bonds. The average molecular weight is 460 g/mol. The van der Waals surface area contributed by atoms with Gasteiger partial charge in [0.05, 0.1) is 0 Å². The van der Waals surface area contributed by atoms with Crippen molar-refractivity contribution < 1.29 is 9.53 Å². The number of nitrogens with zero attached hydrogens (tertiary/aromatic N) is 1. The first kappa shape index (κ1) is 22.2. The summed E-state index contributed by atoms with van der Waals surface area (Å²) < 4.78 is 5.30. The number of carbonyl (C=O) groups excluding carboxylic acids is 1. The molecular weight excluding hydrogens is 434 g/mol. The van der Waals surface area contributed by atoms with Crippen LogP contribution in [0.4, 0.5) is 16.3 Å². The maximum atomic E-state index is 12.1. The van der Waals surface area contributed by atoms with E-state index in [0.717, 1.165) is 33.4 Å². The number of benzene rings is 4. The molecule has 5 heteroatoms. The minimum Gasteiger partial charge on any atom is -0.445 e. The van der Waals surface area contributed by atoms with Gasteiger partial charge in [-0.25, -0.2) is 9.78 Å². The second kappa shape index (κ2) is 10.5. The van der Waals surface area contributed by atoms with Gasteiger partial charge in [-0.1, -0.05) is 91.0 Å². The molecule has 0 fully saturated rings. The van der Waals surface area contributed by atoms with Crippen molar-refractivity contribution in [2.75, 3.05) is 5.32 Å². The van der Waals surface area contributed by atoms with Crippen LogP contribution in [-0.2, 0) is 17.9 Å². The molecule has 0 bridgehead atoms. The predicted molar refractivity (Wildman–Crippen MR) is 140 cm³/mol. The van der Waals surface area contributed by atoms with Gasteiger partial charge in [0.15, 0.2) is 0 Å². The molecule has 0 radical (unpaired) electrons. The normalized spacial score (nSPS) is 10.6. The molecule has 1 aromatic heterocycles. The first-order valence-electron chi connectivity index (χ1n) is 11.5. The van der Waals surface area contributed by atoms with E-state index in [2.05, 4.69) is 45.9 Å². The lowest BCUT2D eigenvalue weighted by atomic mass is 9.99. The van der Waals surface area contributed by atoms with E-state index < -0.39 is 6.09 Å². The number of aromatic nitrogens is 1. The Balaban J connectivity index is 1.28. The summed E-state index contributed by atoms with van der Waals surface area (Å²) in [7, 11) is 0. The fourth-order valence-corrected chi connectivity index (χ4v) is 4.02. The monoisotopic (exact) mass is 459 g/mol. The highest BCUT2D eigenvalue weighted by molar-refractivity contribution is 6.02. The van der Waals surface area contributed by atoms with Gasteiger partial charge in [-0.15, -0.1) is 0 Å². The molecule has 0 atom stereocenters. The smallest absolute Gasteiger partial charge is 0.407 e. The Morgan fingerprint density at radius 2 is 1.49 bits per heavy atom. The number of ether oxygens (including phenoxy) is 1. The zero-order valence-electron chi connectivity index (χ0n) is 19.1. The predicted octanol–water partition coefficient (Wildman–Crippen LogP) is 7.07. The first-order valence-corrected chi connectivity index (χ1v) is 11.5. The zero-order valence-corrected chi connectivity index (χ0v) is 19.1. The molecule has 0 spiro atoms. The van der Waals surface area contributed by atoms with Crippen molar-refractivity contribution in [3.63, 3.8) is 0 Å². The molecule has 5 nitrogen and oxygen atoms in total. The van der Waals surface area contributed by atoms with Gasteiger partial charge >= 0.3 is 6.09 Å². The van der Waals surface area contributed by atoms with Crippen LogP contribution in [0.5, 0.6) is 0 Å². The van der Waals surface area contributed by atoms with Crippen LogP contribution < -0.4 is 10.6 Å². The average Bonchev–Trinajstić information content (AvgIpc) is 2.92. The highest BCUT2D eigenvalue weighted by atomic mass is 16.5. The molecule has 0 unspecified atom stereocenters. The molecule has 0 aliphatic rings. The number of hydrogen-bond donors (Lipinski definition) is 2. The molecular formula is C30H25N3O2. The van der Waals surface area contributed by atoms with Crippen molar-refractivity contribution in [2.24, 2.45) is 0 Å². The molecule has 0 aliphatic carbocycles. The number of pyridine rings is 1. The van der Waals surface area contributed by atoms with Gasteiger partial charge in [0, 0.05) is 23.8 Å². The van der Waals surface area contributed by atoms with E-state index in [9.17, 15) is 4.79 Å². The van der Waals surface area contributed by atoms with Gasteiger partial charge in [-0.2, -0.15) is 0 Å². The number of carbonyl (C=O) groups is 1. The topological polar surface area (TPSA) is 63.2 Å². The summed E-state index contributed by atoms with van der Waals surface area (Å²) in [5, 5.41) is 8.43. The van der Waals surface area contributed by atoms with Crippen LogP contribution in [-0.4, -0.2) is 11.1 Å². The molecule has 35 heavy (non-hydrogen) atoms. The third kappa shape index (κ3) is 5.47. The first-order chi connectivity index (χ1) is 17.3. The Morgan fingerprint density at radius 3 is 2.31 bits per heavy atom. The number of nitrogens with one attached hydrogen (secondary N) is 2. The Kier molecular flexibility index (Phi) is 6.67. The SMILES string of the molecule is O=C(NCc1cccc(Nc2nccc3c(-c4ccccc4)cccc23)c1)OCc1ccccc1. The van der Waals surface area contributed by atoms with Crippen LogP contribution in [0, 0.1) is 0 Å². The lowest BCUT2D eigenvalue weighted by Crippen LogP contribution is -2.23. The third-order valence-electron chi connectivity index (χ3n) is 5.73. The van der Waals surface area contributed by atoms with Crippen LogP contribution in [0.2, 0.25) is 0 Å². The lowest BCUT2D eigenvalue weighted by molar-refractivity contribution is 0.139. The van der Waals surface area contributed by atoms with Crippen LogP contribution in [0.1, 0.15) is 11.1 Å². The molecule has 0 saturated carbocycles. The molecule has 5 rings (SSSR count). The highest BCUT2D eigenvalue weighted by Crippen LogP contribution is 2.32. The van der Waals surface area contributed by atoms with E-state index in [1.165, 1.54) is 11.1 Å². The van der Waals surface area contributed by atoms with E-state index in [1.807, 2.05) is 85.1 Å². The van der Waals surface area contributed by atoms with Crippen molar-refractivity contribution in [3.8, 4) is 11.1 Å². The summed E-state index contributed by atoms with van der Waals surface area (Å²) in [6.07, 6.45) is 1.38. The zero-order chi connectivity index (χ0) is 23.9. The third-order valence-corrected chi connectivity index (χ3v) is 5.73. The van der Waals surface area contributed by atoms with Gasteiger partial charge in [-0.3, -0.25) is 0 Å². The highest BCUT2D eigenvalue weighted by Gasteiger charge is 2.09. The largest absolute Gasteiger partial charge is 0.445 e. The molecule has 5 aromatic rings. The Labute approximate surface area is 204 Å². The van der Waals surface area contributed by atoms with E-state index in [0.29, 0.717) is 6.54 Å². The van der Waals surface area contributed by atoms with Crippen molar-refractivity contribution in [3.05, 3.63) is 127 Å². The van der Waals surface area contributed by atoms with E-state index in [4.69, 9.17) is 4.74 Å². The van der Waals surface area contributed by atoms with Crippen LogP contribution in [0.25, 0.3) is 21.9 Å². The van der Waals surface area contributed by atoms with E-state index in [-0.39, 0.29) is 6.61 Å². The molecule has 172 valence electrons. The van der Waals surface area contributed by atoms with Crippen LogP contribution in [0.3, 0.4) is 0 Å². The summed E-state index contributed by atoms with van der Waals surface area (Å²) >= 11 is 0. The molecule has 1 heterocycles. The number of rotatable bonds is 7. The number of anilines is 2. The Hall–Kier alpha value is -4.64.